The minimum Gasteiger partial charge on any atom is -0.432 e. The van der Waals surface area contributed by atoms with Crippen LogP contribution in [-0.4, -0.2) is 17.7 Å². The second-order valence-electron chi connectivity index (χ2n) is 2.99. The highest BCUT2D eigenvalue weighted by Crippen LogP contribution is 2.21. The standard InChI is InChI=1S/C10H8BrF3O2/c11-5-7(15)3-6-1-2-8(12)9(4-6)16-10(13)14/h1-2,4,10H,3,5H2. The SMILES string of the molecule is O=C(CBr)Cc1ccc(F)c(OC(F)F)c1. The van der Waals surface area contributed by atoms with Gasteiger partial charge >= 0.3 is 6.61 Å². The zero-order valence-corrected chi connectivity index (χ0v) is 9.64. The Morgan fingerprint density at radius 1 is 1.44 bits per heavy atom. The Balaban J connectivity index is 2.84. The van der Waals surface area contributed by atoms with Gasteiger partial charge in [-0.15, -0.1) is 0 Å². The lowest BCUT2D eigenvalue weighted by Crippen LogP contribution is -2.06. The number of halogens is 4. The molecule has 0 aliphatic heterocycles. The molecule has 0 aliphatic rings. The van der Waals surface area contributed by atoms with Crippen molar-refractivity contribution in [2.45, 2.75) is 13.0 Å². The fourth-order valence-corrected chi connectivity index (χ4v) is 1.32. The van der Waals surface area contributed by atoms with Crippen LogP contribution in [0.2, 0.25) is 0 Å². The van der Waals surface area contributed by atoms with Gasteiger partial charge in [0.05, 0.1) is 5.33 Å². The first-order valence-electron chi connectivity index (χ1n) is 4.34. The normalized spacial score (nSPS) is 10.6. The van der Waals surface area contributed by atoms with Crippen molar-refractivity contribution >= 4 is 21.7 Å². The molecule has 1 aromatic carbocycles. The molecule has 0 spiro atoms. The molecule has 0 aromatic heterocycles. The molecule has 88 valence electrons. The molecular formula is C10H8BrF3O2. The quantitative estimate of drug-likeness (QED) is 0.781. The number of benzene rings is 1. The van der Waals surface area contributed by atoms with Gasteiger partial charge in [0, 0.05) is 6.42 Å². The zero-order chi connectivity index (χ0) is 12.1. The van der Waals surface area contributed by atoms with Gasteiger partial charge in [0.1, 0.15) is 5.78 Å². The van der Waals surface area contributed by atoms with Crippen molar-refractivity contribution in [1.29, 1.82) is 0 Å². The molecule has 0 amide bonds. The summed E-state index contributed by atoms with van der Waals surface area (Å²) in [5.74, 6) is -1.56. The van der Waals surface area contributed by atoms with E-state index in [0.29, 0.717) is 5.56 Å². The van der Waals surface area contributed by atoms with Crippen LogP contribution in [0.4, 0.5) is 13.2 Å². The average molecular weight is 297 g/mol. The maximum absolute atomic E-state index is 13.0. The summed E-state index contributed by atoms with van der Waals surface area (Å²) in [4.78, 5) is 11.1. The maximum Gasteiger partial charge on any atom is 0.387 e. The summed E-state index contributed by atoms with van der Waals surface area (Å²) < 4.78 is 40.8. The van der Waals surface area contributed by atoms with Crippen LogP contribution in [0.25, 0.3) is 0 Å². The molecule has 0 atom stereocenters. The monoisotopic (exact) mass is 296 g/mol. The van der Waals surface area contributed by atoms with Gasteiger partial charge in [-0.2, -0.15) is 8.78 Å². The Morgan fingerprint density at radius 2 is 2.12 bits per heavy atom. The van der Waals surface area contributed by atoms with Crippen LogP contribution in [0.15, 0.2) is 18.2 Å². The Labute approximate surface area is 98.5 Å². The third-order valence-corrected chi connectivity index (χ3v) is 2.39. The molecule has 0 bridgehead atoms. The molecule has 0 heterocycles. The lowest BCUT2D eigenvalue weighted by molar-refractivity contribution is -0.115. The predicted molar refractivity (Wildman–Crippen MR) is 55.5 cm³/mol. The molecule has 2 nitrogen and oxygen atoms in total. The molecular weight excluding hydrogens is 289 g/mol. The smallest absolute Gasteiger partial charge is 0.387 e. The van der Waals surface area contributed by atoms with E-state index in [1.54, 1.807) is 0 Å². The van der Waals surface area contributed by atoms with Gasteiger partial charge in [0.15, 0.2) is 11.6 Å². The van der Waals surface area contributed by atoms with Crippen molar-refractivity contribution in [3.8, 4) is 5.75 Å². The second kappa shape index (κ2) is 5.89. The third-order valence-electron chi connectivity index (χ3n) is 1.76. The number of hydrogen-bond donors (Lipinski definition) is 0. The van der Waals surface area contributed by atoms with Crippen molar-refractivity contribution in [3.63, 3.8) is 0 Å². The fraction of sp³-hybridized carbons (Fsp3) is 0.300. The summed E-state index contributed by atoms with van der Waals surface area (Å²) in [5, 5.41) is 0.162. The largest absolute Gasteiger partial charge is 0.432 e. The van der Waals surface area contributed by atoms with E-state index in [2.05, 4.69) is 20.7 Å². The number of hydrogen-bond acceptors (Lipinski definition) is 2. The van der Waals surface area contributed by atoms with E-state index < -0.39 is 18.2 Å². The van der Waals surface area contributed by atoms with Crippen LogP contribution in [-0.2, 0) is 11.2 Å². The molecule has 0 aliphatic carbocycles. The van der Waals surface area contributed by atoms with E-state index in [1.165, 1.54) is 6.07 Å². The summed E-state index contributed by atoms with van der Waals surface area (Å²) in [7, 11) is 0. The van der Waals surface area contributed by atoms with Gasteiger partial charge in [-0.05, 0) is 17.7 Å². The van der Waals surface area contributed by atoms with Crippen molar-refractivity contribution in [3.05, 3.63) is 29.6 Å². The van der Waals surface area contributed by atoms with Crippen molar-refractivity contribution in [2.24, 2.45) is 0 Å². The summed E-state index contributed by atoms with van der Waals surface area (Å²) in [5.41, 5.74) is 0.432. The van der Waals surface area contributed by atoms with Crippen LogP contribution < -0.4 is 4.74 Å². The van der Waals surface area contributed by atoms with Crippen molar-refractivity contribution in [1.82, 2.24) is 0 Å². The molecule has 0 saturated heterocycles. The van der Waals surface area contributed by atoms with Crippen LogP contribution in [0, 0.1) is 5.82 Å². The average Bonchev–Trinajstić information content (AvgIpc) is 2.22. The van der Waals surface area contributed by atoms with Gasteiger partial charge in [0.2, 0.25) is 0 Å². The molecule has 1 rings (SSSR count). The molecule has 6 heteroatoms. The van der Waals surface area contributed by atoms with Gasteiger partial charge in [-0.1, -0.05) is 22.0 Å². The topological polar surface area (TPSA) is 26.3 Å². The number of carbonyl (C=O) groups excluding carboxylic acids is 1. The Morgan fingerprint density at radius 3 is 2.69 bits per heavy atom. The highest BCUT2D eigenvalue weighted by molar-refractivity contribution is 9.09. The van der Waals surface area contributed by atoms with Crippen LogP contribution in [0.5, 0.6) is 5.75 Å². The van der Waals surface area contributed by atoms with Crippen LogP contribution in [0.1, 0.15) is 5.56 Å². The third kappa shape index (κ3) is 3.84. The minimum absolute atomic E-state index is 0.0468. The lowest BCUT2D eigenvalue weighted by Gasteiger charge is -2.07. The summed E-state index contributed by atoms with van der Waals surface area (Å²) >= 11 is 2.97. The van der Waals surface area contributed by atoms with E-state index in [0.717, 1.165) is 12.1 Å². The highest BCUT2D eigenvalue weighted by atomic mass is 79.9. The summed E-state index contributed by atoms with van der Waals surface area (Å²) in [6.45, 7) is -3.09. The summed E-state index contributed by atoms with van der Waals surface area (Å²) in [6, 6.07) is 3.45. The first kappa shape index (κ1) is 13.0. The zero-order valence-electron chi connectivity index (χ0n) is 8.05. The van der Waals surface area contributed by atoms with Crippen molar-refractivity contribution in [2.75, 3.05) is 5.33 Å². The molecule has 16 heavy (non-hydrogen) atoms. The van der Waals surface area contributed by atoms with Gasteiger partial charge in [0.25, 0.3) is 0 Å². The fourth-order valence-electron chi connectivity index (χ4n) is 1.12. The number of carbonyl (C=O) groups is 1. The highest BCUT2D eigenvalue weighted by Gasteiger charge is 2.11. The molecule has 1 aromatic rings. The number of rotatable bonds is 5. The molecule has 0 radical (unpaired) electrons. The number of ketones is 1. The minimum atomic E-state index is -3.09. The van der Waals surface area contributed by atoms with E-state index in [9.17, 15) is 18.0 Å². The summed E-state index contributed by atoms with van der Waals surface area (Å²) in [6.07, 6.45) is 0.0468. The van der Waals surface area contributed by atoms with Gasteiger partial charge in [-0.25, -0.2) is 4.39 Å². The Bertz CT molecular complexity index is 382. The van der Waals surface area contributed by atoms with E-state index in [1.807, 2.05) is 0 Å². The van der Waals surface area contributed by atoms with Gasteiger partial charge in [-0.3, -0.25) is 4.79 Å². The maximum atomic E-state index is 13.0. The number of ether oxygens (including phenoxy) is 1. The molecule has 0 saturated carbocycles. The number of alkyl halides is 3. The Hall–Kier alpha value is -1.04. The van der Waals surface area contributed by atoms with Crippen molar-refractivity contribution < 1.29 is 22.7 Å². The Kier molecular flexibility index (Phi) is 4.79. The molecule has 0 N–H and O–H groups in total. The predicted octanol–water partition coefficient (Wildman–Crippen LogP) is 2.93. The van der Waals surface area contributed by atoms with Gasteiger partial charge < -0.3 is 4.74 Å². The molecule has 0 unspecified atom stereocenters. The first-order chi connectivity index (χ1) is 7.52. The van der Waals surface area contributed by atoms with Crippen LogP contribution >= 0.6 is 15.9 Å². The first-order valence-corrected chi connectivity index (χ1v) is 5.46. The second-order valence-corrected chi connectivity index (χ2v) is 3.55. The lowest BCUT2D eigenvalue weighted by atomic mass is 10.1. The number of Topliss-reactive ketones (excluding diaryl/α,β-unsaturated/α-hetero) is 1. The van der Waals surface area contributed by atoms with E-state index in [-0.39, 0.29) is 17.5 Å². The van der Waals surface area contributed by atoms with E-state index in [4.69, 9.17) is 0 Å². The van der Waals surface area contributed by atoms with Crippen LogP contribution in [0.3, 0.4) is 0 Å². The van der Waals surface area contributed by atoms with E-state index >= 15 is 0 Å². The molecule has 0 fully saturated rings.